The maximum absolute atomic E-state index is 13.0. The summed E-state index contributed by atoms with van der Waals surface area (Å²) in [6, 6.07) is 8.95. The summed E-state index contributed by atoms with van der Waals surface area (Å²) in [5.41, 5.74) is 9.93. The Morgan fingerprint density at radius 3 is 2.55 bits per heavy atom. The number of aryl methyl sites for hydroxylation is 1. The van der Waals surface area contributed by atoms with E-state index in [0.717, 1.165) is 35.5 Å². The molecule has 33 heavy (non-hydrogen) atoms. The van der Waals surface area contributed by atoms with Crippen molar-refractivity contribution in [3.8, 4) is 23.1 Å². The lowest BCUT2D eigenvalue weighted by atomic mass is 10.0. The fourth-order valence-electron chi connectivity index (χ4n) is 3.67. The lowest BCUT2D eigenvalue weighted by molar-refractivity contribution is 0.0664. The van der Waals surface area contributed by atoms with Crippen LogP contribution in [0.3, 0.4) is 0 Å². The average Bonchev–Trinajstić information content (AvgIpc) is 2.83. The van der Waals surface area contributed by atoms with E-state index < -0.39 is 0 Å². The van der Waals surface area contributed by atoms with E-state index in [1.807, 2.05) is 24.0 Å². The van der Waals surface area contributed by atoms with E-state index in [2.05, 4.69) is 38.7 Å². The van der Waals surface area contributed by atoms with Crippen LogP contribution in [0.5, 0.6) is 0 Å². The molecule has 1 aliphatic heterocycles. The van der Waals surface area contributed by atoms with Crippen LogP contribution in [-0.4, -0.2) is 63.9 Å². The van der Waals surface area contributed by atoms with Gasteiger partial charge in [-0.25, -0.2) is 15.0 Å². The summed E-state index contributed by atoms with van der Waals surface area (Å²) >= 11 is 6.58. The molecule has 2 aromatic heterocycles. The van der Waals surface area contributed by atoms with E-state index in [1.54, 1.807) is 24.4 Å². The summed E-state index contributed by atoms with van der Waals surface area (Å²) < 4.78 is 0. The number of carbonyl (C=O) groups excluding carboxylic acids is 1. The third-order valence-corrected chi connectivity index (χ3v) is 5.96. The Hall–Kier alpha value is -3.47. The molecule has 168 valence electrons. The average molecular weight is 461 g/mol. The van der Waals surface area contributed by atoms with Crippen LogP contribution < -0.4 is 5.73 Å². The second-order valence-electron chi connectivity index (χ2n) is 7.91. The molecule has 1 amide bonds. The Balaban J connectivity index is 1.67. The number of piperazine rings is 1. The van der Waals surface area contributed by atoms with Crippen molar-refractivity contribution >= 4 is 23.3 Å². The van der Waals surface area contributed by atoms with Crippen LogP contribution in [0, 0.1) is 11.8 Å². The highest BCUT2D eigenvalue weighted by Gasteiger charge is 2.23. The Labute approximate surface area is 198 Å². The fourth-order valence-corrected chi connectivity index (χ4v) is 3.93. The molecule has 1 aliphatic rings. The zero-order chi connectivity index (χ0) is 23.4. The molecule has 0 unspecified atom stereocenters. The Bertz CT molecular complexity index is 1220. The van der Waals surface area contributed by atoms with Gasteiger partial charge in [-0.3, -0.25) is 4.79 Å². The molecule has 1 saturated heterocycles. The highest BCUT2D eigenvalue weighted by atomic mass is 35.5. The first-order valence-electron chi connectivity index (χ1n) is 10.8. The molecular formula is C25H25ClN6O. The Morgan fingerprint density at radius 1 is 1.09 bits per heavy atom. The first kappa shape index (κ1) is 22.7. The fraction of sp³-hybridized carbons (Fsp3) is 0.280. The lowest BCUT2D eigenvalue weighted by Gasteiger charge is -2.32. The quantitative estimate of drug-likeness (QED) is 0.604. The summed E-state index contributed by atoms with van der Waals surface area (Å²) in [5, 5.41) is 0.398. The number of nitrogen functional groups attached to an aromatic ring is 1. The maximum Gasteiger partial charge on any atom is 0.255 e. The van der Waals surface area contributed by atoms with Gasteiger partial charge in [0.15, 0.2) is 0 Å². The number of halogens is 1. The van der Waals surface area contributed by atoms with Gasteiger partial charge in [-0.2, -0.15) is 0 Å². The minimum absolute atomic E-state index is 0.0487. The number of pyridine rings is 1. The van der Waals surface area contributed by atoms with Crippen LogP contribution in [0.25, 0.3) is 11.3 Å². The number of nitrogens with zero attached hydrogens (tertiary/aromatic N) is 5. The molecule has 0 atom stereocenters. The van der Waals surface area contributed by atoms with Crippen LogP contribution in [0.15, 0.2) is 42.9 Å². The minimum atomic E-state index is -0.0487. The topological polar surface area (TPSA) is 88.2 Å². The van der Waals surface area contributed by atoms with Gasteiger partial charge >= 0.3 is 0 Å². The van der Waals surface area contributed by atoms with E-state index in [4.69, 9.17) is 17.3 Å². The van der Waals surface area contributed by atoms with Crippen LogP contribution in [0.2, 0.25) is 5.02 Å². The highest BCUT2D eigenvalue weighted by molar-refractivity contribution is 6.34. The van der Waals surface area contributed by atoms with Crippen molar-refractivity contribution in [1.29, 1.82) is 0 Å². The SMILES string of the molecule is CCc1ncnc(-c2ccc(C(=O)N3CCN(C)CC3)c(Cl)c2)c1C#Cc1ccc(N)nc1. The van der Waals surface area contributed by atoms with Gasteiger partial charge in [-0.05, 0) is 37.7 Å². The van der Waals surface area contributed by atoms with Gasteiger partial charge in [0.1, 0.15) is 12.1 Å². The minimum Gasteiger partial charge on any atom is -0.384 e. The van der Waals surface area contributed by atoms with Crippen LogP contribution in [0.1, 0.15) is 34.1 Å². The summed E-state index contributed by atoms with van der Waals surface area (Å²) in [5.74, 6) is 6.71. The molecule has 0 spiro atoms. The van der Waals surface area contributed by atoms with Crippen LogP contribution in [0.4, 0.5) is 5.82 Å². The predicted octanol–water partition coefficient (Wildman–Crippen LogP) is 3.12. The highest BCUT2D eigenvalue weighted by Crippen LogP contribution is 2.28. The molecule has 2 N–H and O–H groups in total. The maximum atomic E-state index is 13.0. The molecule has 0 aliphatic carbocycles. The summed E-state index contributed by atoms with van der Waals surface area (Å²) in [4.78, 5) is 30.0. The monoisotopic (exact) mass is 460 g/mol. The molecule has 8 heteroatoms. The van der Waals surface area contributed by atoms with Gasteiger partial charge in [-0.1, -0.05) is 36.4 Å². The standard InChI is InChI=1S/C25H25ClN6O/c1-3-22-20(7-4-17-5-9-23(27)28-15-17)24(30-16-29-22)18-6-8-19(21(26)14-18)25(33)32-12-10-31(2)11-13-32/h5-6,8-9,14-16H,3,10-13H2,1-2H3,(H2,27,28). The van der Waals surface area contributed by atoms with Crippen molar-refractivity contribution in [3.63, 3.8) is 0 Å². The summed E-state index contributed by atoms with van der Waals surface area (Å²) in [7, 11) is 2.06. The van der Waals surface area contributed by atoms with Crippen LogP contribution >= 0.6 is 11.6 Å². The van der Waals surface area contributed by atoms with Crippen molar-refractivity contribution in [1.82, 2.24) is 24.8 Å². The Morgan fingerprint density at radius 2 is 1.88 bits per heavy atom. The second kappa shape index (κ2) is 9.99. The van der Waals surface area contributed by atoms with Gasteiger partial charge in [0.25, 0.3) is 5.91 Å². The third-order valence-electron chi connectivity index (χ3n) is 5.64. The summed E-state index contributed by atoms with van der Waals surface area (Å²) in [6.07, 6.45) is 3.86. The molecule has 0 bridgehead atoms. The van der Waals surface area contributed by atoms with Crippen molar-refractivity contribution in [2.24, 2.45) is 0 Å². The first-order valence-corrected chi connectivity index (χ1v) is 11.2. The normalized spacial score (nSPS) is 14.0. The van der Waals surface area contributed by atoms with Gasteiger partial charge < -0.3 is 15.5 Å². The van der Waals surface area contributed by atoms with E-state index in [0.29, 0.717) is 41.6 Å². The van der Waals surface area contributed by atoms with Crippen molar-refractivity contribution < 1.29 is 4.79 Å². The van der Waals surface area contributed by atoms with Crippen molar-refractivity contribution in [3.05, 3.63) is 70.3 Å². The molecule has 0 saturated carbocycles. The zero-order valence-electron chi connectivity index (χ0n) is 18.7. The predicted molar refractivity (Wildman–Crippen MR) is 130 cm³/mol. The number of hydrogen-bond acceptors (Lipinski definition) is 6. The van der Waals surface area contributed by atoms with E-state index in [-0.39, 0.29) is 5.91 Å². The molecule has 4 rings (SSSR count). The number of amides is 1. The number of aromatic nitrogens is 3. The van der Waals surface area contributed by atoms with E-state index >= 15 is 0 Å². The smallest absolute Gasteiger partial charge is 0.255 e. The van der Waals surface area contributed by atoms with Gasteiger partial charge in [-0.15, -0.1) is 0 Å². The van der Waals surface area contributed by atoms with Crippen LogP contribution in [-0.2, 0) is 6.42 Å². The molecule has 1 aromatic carbocycles. The number of likely N-dealkylation sites (N-methyl/N-ethyl adjacent to an activating group) is 1. The molecule has 3 aromatic rings. The summed E-state index contributed by atoms with van der Waals surface area (Å²) in [6.45, 7) is 5.12. The largest absolute Gasteiger partial charge is 0.384 e. The number of carbonyl (C=O) groups is 1. The third kappa shape index (κ3) is 5.14. The first-order chi connectivity index (χ1) is 16.0. The second-order valence-corrected chi connectivity index (χ2v) is 8.32. The van der Waals surface area contributed by atoms with Gasteiger partial charge in [0.2, 0.25) is 0 Å². The number of rotatable bonds is 3. The van der Waals surface area contributed by atoms with Gasteiger partial charge in [0, 0.05) is 43.5 Å². The van der Waals surface area contributed by atoms with Crippen molar-refractivity contribution in [2.45, 2.75) is 13.3 Å². The Kier molecular flexibility index (Phi) is 6.87. The molecular weight excluding hydrogens is 436 g/mol. The number of benzene rings is 1. The number of hydrogen-bond donors (Lipinski definition) is 1. The molecule has 0 radical (unpaired) electrons. The molecule has 7 nitrogen and oxygen atoms in total. The van der Waals surface area contributed by atoms with E-state index in [1.165, 1.54) is 6.33 Å². The molecule has 1 fully saturated rings. The van der Waals surface area contributed by atoms with Crippen molar-refractivity contribution in [2.75, 3.05) is 39.0 Å². The molecule has 3 heterocycles. The zero-order valence-corrected chi connectivity index (χ0v) is 19.4. The lowest BCUT2D eigenvalue weighted by Crippen LogP contribution is -2.47. The van der Waals surface area contributed by atoms with E-state index in [9.17, 15) is 4.79 Å². The number of nitrogens with two attached hydrogens (primary N) is 1. The number of anilines is 1. The van der Waals surface area contributed by atoms with Gasteiger partial charge in [0.05, 0.1) is 27.5 Å².